The van der Waals surface area contributed by atoms with E-state index in [0.717, 1.165) is 109 Å². The maximum atomic E-state index is 9.15. The van der Waals surface area contributed by atoms with Gasteiger partial charge in [0.15, 0.2) is 5.65 Å². The number of aliphatic hydroxyl groups excluding tert-OH is 1. The highest BCUT2D eigenvalue weighted by Crippen LogP contribution is 2.38. The van der Waals surface area contributed by atoms with E-state index in [9.17, 15) is 0 Å². The van der Waals surface area contributed by atoms with Crippen LogP contribution < -0.4 is 5.73 Å². The molecule has 0 spiro atoms. The van der Waals surface area contributed by atoms with E-state index in [4.69, 9.17) is 27.5 Å². The molecule has 0 amide bonds. The Bertz CT molecular complexity index is 1720. The van der Waals surface area contributed by atoms with Crippen molar-refractivity contribution in [3.63, 3.8) is 0 Å². The van der Waals surface area contributed by atoms with Crippen LogP contribution in [0.25, 0.3) is 33.2 Å². The summed E-state index contributed by atoms with van der Waals surface area (Å²) < 4.78 is 4.35. The Morgan fingerprint density at radius 1 is 0.930 bits per heavy atom. The molecule has 2 fully saturated rings. The Labute approximate surface area is 256 Å². The fourth-order valence-electron chi connectivity index (χ4n) is 7.06. The molecule has 1 aliphatic carbocycles. The second kappa shape index (κ2) is 12.2. The molecule has 0 unspecified atom stereocenters. The molecule has 2 aliphatic rings. The van der Waals surface area contributed by atoms with Gasteiger partial charge in [-0.1, -0.05) is 35.9 Å². The first-order chi connectivity index (χ1) is 21.1. The summed E-state index contributed by atoms with van der Waals surface area (Å²) in [5, 5.41) is 17.1. The van der Waals surface area contributed by atoms with Gasteiger partial charge in [-0.25, -0.2) is 14.6 Å². The van der Waals surface area contributed by atoms with Crippen LogP contribution in [0.2, 0.25) is 5.02 Å². The van der Waals surface area contributed by atoms with E-state index in [1.807, 2.05) is 18.2 Å². The van der Waals surface area contributed by atoms with Crippen LogP contribution in [-0.2, 0) is 6.54 Å². The lowest BCUT2D eigenvalue weighted by Crippen LogP contribution is -2.51. The fourth-order valence-corrected chi connectivity index (χ4v) is 7.26. The van der Waals surface area contributed by atoms with Crippen LogP contribution in [0.1, 0.15) is 43.7 Å². The first-order valence-corrected chi connectivity index (χ1v) is 15.9. The standard InChI is InChI=1S/C33H39ClN8O/c34-28-5-2-1-4-25(28)21-41-14-12-23-20-24(6-11-29(23)41)31-30-32(35)36-22-37-33(30)42(38-31)27-9-7-26(8-10-27)40-17-15-39(16-18-40)13-3-19-43/h1-2,4-6,11-12,14,20,22,26-27,43H,3,7-10,13,15-19,21H2,(H2,35,36,37)/t26-,27-. The Balaban J connectivity index is 1.11. The number of rotatable bonds is 8. The molecule has 3 aromatic heterocycles. The number of fused-ring (bicyclic) bond motifs is 2. The maximum absolute atomic E-state index is 9.15. The number of nitrogen functional groups attached to an aromatic ring is 1. The van der Waals surface area contributed by atoms with Crippen LogP contribution in [0.5, 0.6) is 0 Å². The molecule has 1 aliphatic heterocycles. The number of nitrogens with two attached hydrogens (primary N) is 1. The largest absolute Gasteiger partial charge is 0.396 e. The summed E-state index contributed by atoms with van der Waals surface area (Å²) in [5.74, 6) is 0.468. The normalized spacial score (nSPS) is 20.3. The number of piperazine rings is 1. The molecule has 7 rings (SSSR count). The minimum Gasteiger partial charge on any atom is -0.396 e. The van der Waals surface area contributed by atoms with Gasteiger partial charge in [-0.05, 0) is 61.9 Å². The molecule has 0 bridgehead atoms. The topological polar surface area (TPSA) is 101 Å². The van der Waals surface area contributed by atoms with Gasteiger partial charge < -0.3 is 20.3 Å². The summed E-state index contributed by atoms with van der Waals surface area (Å²) in [6.45, 7) is 6.40. The Hall–Kier alpha value is -3.50. The minimum atomic E-state index is 0.275. The van der Waals surface area contributed by atoms with Crippen LogP contribution in [0.3, 0.4) is 0 Å². The molecule has 1 saturated carbocycles. The fraction of sp³-hybridized carbons (Fsp3) is 0.424. The van der Waals surface area contributed by atoms with E-state index in [1.165, 1.54) is 0 Å². The van der Waals surface area contributed by atoms with E-state index in [-0.39, 0.29) is 12.6 Å². The highest BCUT2D eigenvalue weighted by Gasteiger charge is 2.31. The van der Waals surface area contributed by atoms with Gasteiger partial charge in [0.05, 0.1) is 11.4 Å². The van der Waals surface area contributed by atoms with Crippen molar-refractivity contribution >= 4 is 39.4 Å². The van der Waals surface area contributed by atoms with E-state index >= 15 is 0 Å². The van der Waals surface area contributed by atoms with Crippen molar-refractivity contribution in [2.45, 2.75) is 50.7 Å². The molecular formula is C33H39ClN8O. The third-order valence-corrected chi connectivity index (χ3v) is 9.80. The Morgan fingerprint density at radius 2 is 1.72 bits per heavy atom. The van der Waals surface area contributed by atoms with Crippen LogP contribution in [0, 0.1) is 0 Å². The predicted octanol–water partition coefficient (Wildman–Crippen LogP) is 5.22. The van der Waals surface area contributed by atoms with Crippen molar-refractivity contribution in [3.8, 4) is 11.3 Å². The van der Waals surface area contributed by atoms with Crippen molar-refractivity contribution in [1.29, 1.82) is 0 Å². The molecule has 9 nitrogen and oxygen atoms in total. The Kier molecular flexibility index (Phi) is 8.05. The zero-order chi connectivity index (χ0) is 29.3. The van der Waals surface area contributed by atoms with Crippen LogP contribution >= 0.6 is 11.6 Å². The summed E-state index contributed by atoms with van der Waals surface area (Å²) in [6.07, 6.45) is 8.98. The molecule has 10 heteroatoms. The lowest BCUT2D eigenvalue weighted by Gasteiger charge is -2.42. The van der Waals surface area contributed by atoms with E-state index < -0.39 is 0 Å². The third-order valence-electron chi connectivity index (χ3n) is 9.43. The highest BCUT2D eigenvalue weighted by atomic mass is 35.5. The molecule has 224 valence electrons. The Morgan fingerprint density at radius 3 is 2.51 bits per heavy atom. The molecule has 5 aromatic rings. The number of halogens is 1. The monoisotopic (exact) mass is 598 g/mol. The van der Waals surface area contributed by atoms with E-state index in [1.54, 1.807) is 6.33 Å². The molecular weight excluding hydrogens is 560 g/mol. The average molecular weight is 599 g/mol. The van der Waals surface area contributed by atoms with Gasteiger partial charge in [-0.2, -0.15) is 5.10 Å². The van der Waals surface area contributed by atoms with Gasteiger partial charge in [0.2, 0.25) is 0 Å². The number of aliphatic hydroxyl groups is 1. The highest BCUT2D eigenvalue weighted by molar-refractivity contribution is 6.31. The number of benzene rings is 2. The summed E-state index contributed by atoms with van der Waals surface area (Å²) in [4.78, 5) is 14.2. The zero-order valence-electron chi connectivity index (χ0n) is 24.4. The molecule has 4 heterocycles. The van der Waals surface area contributed by atoms with Crippen LogP contribution in [0.4, 0.5) is 5.82 Å². The summed E-state index contributed by atoms with van der Waals surface area (Å²) in [7, 11) is 0. The SMILES string of the molecule is Nc1ncnc2c1c(-c1ccc3c(ccn3Cc3ccccc3Cl)c1)nn2[C@H]1CC[C@H](N2CCN(CCCO)CC2)CC1. The molecule has 43 heavy (non-hydrogen) atoms. The number of nitrogens with zero attached hydrogens (tertiary/aromatic N) is 7. The van der Waals surface area contributed by atoms with Gasteiger partial charge in [-0.15, -0.1) is 0 Å². The predicted molar refractivity (Wildman–Crippen MR) is 172 cm³/mol. The molecule has 2 aromatic carbocycles. The number of aromatic nitrogens is 5. The molecule has 0 atom stereocenters. The summed E-state index contributed by atoms with van der Waals surface area (Å²) >= 11 is 6.44. The van der Waals surface area contributed by atoms with E-state index in [2.05, 4.69) is 65.5 Å². The van der Waals surface area contributed by atoms with Crippen LogP contribution in [-0.4, -0.2) is 84.6 Å². The number of hydrogen-bond donors (Lipinski definition) is 2. The smallest absolute Gasteiger partial charge is 0.164 e. The summed E-state index contributed by atoms with van der Waals surface area (Å²) in [6, 6.07) is 17.5. The second-order valence-corrected chi connectivity index (χ2v) is 12.4. The maximum Gasteiger partial charge on any atom is 0.164 e. The zero-order valence-corrected chi connectivity index (χ0v) is 25.2. The van der Waals surface area contributed by atoms with Gasteiger partial charge in [-0.3, -0.25) is 4.90 Å². The number of hydrogen-bond acceptors (Lipinski definition) is 7. The first kappa shape index (κ1) is 28.3. The first-order valence-electron chi connectivity index (χ1n) is 15.5. The van der Waals surface area contributed by atoms with Gasteiger partial charge >= 0.3 is 0 Å². The second-order valence-electron chi connectivity index (χ2n) is 12.0. The lowest BCUT2D eigenvalue weighted by molar-refractivity contribution is 0.0680. The summed E-state index contributed by atoms with van der Waals surface area (Å²) in [5.41, 5.74) is 11.4. The molecule has 1 saturated heterocycles. The number of anilines is 1. The van der Waals surface area contributed by atoms with Crippen molar-refractivity contribution < 1.29 is 5.11 Å². The minimum absolute atomic E-state index is 0.275. The average Bonchev–Trinajstić information content (AvgIpc) is 3.63. The van der Waals surface area contributed by atoms with Gasteiger partial charge in [0, 0.05) is 79.6 Å². The lowest BCUT2D eigenvalue weighted by atomic mass is 9.90. The quantitative estimate of drug-likeness (QED) is 0.253. The van der Waals surface area contributed by atoms with Gasteiger partial charge in [0.1, 0.15) is 17.8 Å². The van der Waals surface area contributed by atoms with Crippen molar-refractivity contribution in [3.05, 3.63) is 71.6 Å². The van der Waals surface area contributed by atoms with E-state index in [0.29, 0.717) is 18.4 Å². The van der Waals surface area contributed by atoms with Crippen molar-refractivity contribution in [1.82, 2.24) is 34.1 Å². The third kappa shape index (κ3) is 5.62. The molecule has 3 N–H and O–H groups in total. The van der Waals surface area contributed by atoms with Crippen LogP contribution in [0.15, 0.2) is 61.1 Å². The van der Waals surface area contributed by atoms with Crippen molar-refractivity contribution in [2.24, 2.45) is 0 Å². The van der Waals surface area contributed by atoms with Crippen molar-refractivity contribution in [2.75, 3.05) is 45.1 Å². The van der Waals surface area contributed by atoms with Gasteiger partial charge in [0.25, 0.3) is 0 Å². The molecule has 0 radical (unpaired) electrons.